The number of benzene rings is 4. The first kappa shape index (κ1) is 69.8. The van der Waals surface area contributed by atoms with Gasteiger partial charge in [0.15, 0.2) is 28.9 Å². The van der Waals surface area contributed by atoms with Gasteiger partial charge in [0.25, 0.3) is 0 Å². The summed E-state index contributed by atoms with van der Waals surface area (Å²) in [6, 6.07) is 22.8. The normalized spacial score (nSPS) is 12.6. The van der Waals surface area contributed by atoms with Crippen LogP contribution in [0.1, 0.15) is 140 Å². The minimum absolute atomic E-state index is 0.0123. The Hall–Kier alpha value is -3.98. The Kier molecular flexibility index (Phi) is 29.9. The zero-order valence-corrected chi connectivity index (χ0v) is 57.7. The highest BCUT2D eigenvalue weighted by atomic mass is 127. The van der Waals surface area contributed by atoms with E-state index in [1.807, 2.05) is 60.7 Å². The van der Waals surface area contributed by atoms with Crippen LogP contribution in [0.4, 0.5) is 4.39 Å². The van der Waals surface area contributed by atoms with Crippen molar-refractivity contribution in [3.05, 3.63) is 167 Å². The summed E-state index contributed by atoms with van der Waals surface area (Å²) >= 11 is 15.1. The van der Waals surface area contributed by atoms with Gasteiger partial charge in [-0.1, -0.05) is 77.4 Å². The summed E-state index contributed by atoms with van der Waals surface area (Å²) < 4.78 is 23.4. The molecule has 442 valence electrons. The molecule has 0 radical (unpaired) electrons. The molecule has 0 N–H and O–H groups in total. The summed E-state index contributed by atoms with van der Waals surface area (Å²) in [6.45, 7) is 23.4. The first-order valence-electron chi connectivity index (χ1n) is 28.3. The molecule has 0 spiro atoms. The number of aromatic nitrogens is 2. The zero-order valence-electron chi connectivity index (χ0n) is 48.3. The Morgan fingerprint density at radius 1 is 0.530 bits per heavy atom. The molecule has 0 saturated carbocycles. The van der Waals surface area contributed by atoms with Gasteiger partial charge in [-0.25, -0.2) is 9.18 Å². The lowest BCUT2D eigenvalue weighted by Crippen LogP contribution is -2.25. The lowest BCUT2D eigenvalue weighted by Gasteiger charge is -2.18. The Bertz CT molecular complexity index is 3230. The summed E-state index contributed by atoms with van der Waals surface area (Å²) in [5, 5.41) is 1.79. The fourth-order valence-corrected chi connectivity index (χ4v) is 11.7. The van der Waals surface area contributed by atoms with Gasteiger partial charge in [-0.3, -0.25) is 33.9 Å². The summed E-state index contributed by atoms with van der Waals surface area (Å²) in [6.07, 6.45) is 11.4. The molecule has 2 aliphatic rings. The Balaban J connectivity index is 0.000000204. The number of hydrogen-bond acceptors (Lipinski definition) is 12. The third-order valence-electron chi connectivity index (χ3n) is 14.4. The van der Waals surface area contributed by atoms with Crippen LogP contribution in [0.25, 0.3) is 21.8 Å². The topological polar surface area (TPSA) is 147 Å². The number of carbonyl (C=O) groups excluding carboxylic acids is 6. The number of allylic oxidation sites excluding steroid dienone is 3. The maximum Gasteiger partial charge on any atom is 0.341 e. The predicted molar refractivity (Wildman–Crippen MR) is 366 cm³/mol. The van der Waals surface area contributed by atoms with E-state index < -0.39 is 11.8 Å². The molecule has 83 heavy (non-hydrogen) atoms. The molecule has 0 atom stereocenters. The molecular weight excluding hydrogens is 1520 g/mol. The Labute approximate surface area is 548 Å². The van der Waals surface area contributed by atoms with Gasteiger partial charge in [0.05, 0.1) is 39.4 Å². The van der Waals surface area contributed by atoms with Crippen LogP contribution in [-0.2, 0) is 27.2 Å². The van der Waals surface area contributed by atoms with E-state index in [4.69, 9.17) is 16.3 Å². The van der Waals surface area contributed by atoms with E-state index in [0.717, 1.165) is 114 Å². The highest BCUT2D eigenvalue weighted by molar-refractivity contribution is 14.1. The number of Topliss-reactive ketones (excluding diaryl/α,β-unsaturated/α-hetero) is 5. The smallest absolute Gasteiger partial charge is 0.341 e. The quantitative estimate of drug-likeness (QED) is 0.0260. The van der Waals surface area contributed by atoms with Crippen molar-refractivity contribution in [3.8, 4) is 0 Å². The van der Waals surface area contributed by atoms with Gasteiger partial charge in [0, 0.05) is 67.8 Å². The molecule has 0 unspecified atom stereocenters. The zero-order chi connectivity index (χ0) is 60.8. The second-order valence-electron chi connectivity index (χ2n) is 19.6. The third-order valence-corrected chi connectivity index (χ3v) is 17.5. The summed E-state index contributed by atoms with van der Waals surface area (Å²) in [5.41, 5.74) is 5.88. The van der Waals surface area contributed by atoms with Gasteiger partial charge in [-0.15, -0.1) is 0 Å². The van der Waals surface area contributed by atoms with Crippen LogP contribution in [-0.4, -0.2) is 125 Å². The number of ketones is 5. The second kappa shape index (κ2) is 35.6. The molecule has 0 bridgehead atoms. The van der Waals surface area contributed by atoms with E-state index >= 15 is 0 Å². The average Bonchev–Trinajstić information content (AvgIpc) is 3.66. The van der Waals surface area contributed by atoms with Crippen LogP contribution in [0.15, 0.2) is 108 Å². The molecule has 2 aromatic heterocycles. The number of halogens is 6. The van der Waals surface area contributed by atoms with Crippen molar-refractivity contribution in [2.45, 2.75) is 99.8 Å². The molecule has 0 aliphatic heterocycles. The highest BCUT2D eigenvalue weighted by Gasteiger charge is 2.28. The van der Waals surface area contributed by atoms with Crippen LogP contribution in [0.3, 0.4) is 0 Å². The van der Waals surface area contributed by atoms with E-state index in [2.05, 4.69) is 157 Å². The fourth-order valence-electron chi connectivity index (χ4n) is 9.47. The lowest BCUT2D eigenvalue weighted by molar-refractivity contribution is -0.138. The van der Waals surface area contributed by atoms with E-state index in [0.29, 0.717) is 70.3 Å². The molecule has 0 fully saturated rings. The lowest BCUT2D eigenvalue weighted by atomic mass is 9.87. The Morgan fingerprint density at radius 3 is 1.39 bits per heavy atom. The first-order valence-corrected chi connectivity index (χ1v) is 33.0. The minimum atomic E-state index is -0.526. The number of nitrogens with zero attached hydrogens (tertiary/aromatic N) is 5. The van der Waals surface area contributed by atoms with Crippen molar-refractivity contribution in [2.24, 2.45) is 0 Å². The molecule has 4 aromatic carbocycles. The number of pyridine rings is 2. The number of fused-ring (bicyclic) bond motifs is 4. The summed E-state index contributed by atoms with van der Waals surface area (Å²) in [4.78, 5) is 88.7. The molecule has 12 nitrogen and oxygen atoms in total. The van der Waals surface area contributed by atoms with Crippen molar-refractivity contribution in [1.82, 2.24) is 24.7 Å². The van der Waals surface area contributed by atoms with Crippen LogP contribution in [0.2, 0.25) is 5.02 Å². The third kappa shape index (κ3) is 20.3. The van der Waals surface area contributed by atoms with Gasteiger partial charge < -0.3 is 19.4 Å². The standard InChI is InChI=1S/C18H22INO2.C17H20ClIN2O.C17H20FIN2O.C13H11IO3/c1-3-20(4-2)11-5-6-17(21)15-10-8-13-7-9-14(19)12-16(13)18(15)22;2*1-3-21(4-2)9-5-6-16(22)14-11-20-15-8-7-12(19)10-13(15)17(14)18;1-2-17-13(16)10-6-4-8-3-5-9(14)7-11(8)12(10)15/h7,9-10,12H,3-6,8,11H2,1-2H3;2*7-8,10-11H,3-6,9H2,1-2H3;3,5-7H,2,4H2,1H3. The molecule has 2 aliphatic carbocycles. The van der Waals surface area contributed by atoms with Gasteiger partial charge in [0.2, 0.25) is 0 Å². The van der Waals surface area contributed by atoms with Gasteiger partial charge in [0.1, 0.15) is 11.4 Å². The molecular formula is C65H73ClFI4N5O7. The van der Waals surface area contributed by atoms with Crippen LogP contribution < -0.4 is 0 Å². The van der Waals surface area contributed by atoms with E-state index in [1.165, 1.54) is 6.20 Å². The largest absolute Gasteiger partial charge is 0.462 e. The number of esters is 1. The first-order chi connectivity index (χ1) is 39.8. The molecule has 2 heterocycles. The van der Waals surface area contributed by atoms with E-state index in [9.17, 15) is 33.2 Å². The SMILES string of the molecule is CCN(CC)CCCC(=O)C1=CCc2ccc(I)cc2C1=O.CCN(CC)CCCC(=O)c1cnc2ccc(I)cc2c1Cl.CCN(CC)CCCC(=O)c1cnc2ccc(I)cc2c1F.CCOC(=O)C1=CCc2ccc(I)cc2C1=O. The van der Waals surface area contributed by atoms with E-state index in [-0.39, 0.29) is 46.7 Å². The molecule has 0 amide bonds. The number of carbonyl (C=O) groups is 6. The van der Waals surface area contributed by atoms with Gasteiger partial charge in [-0.05, 0) is 260 Å². The van der Waals surface area contributed by atoms with Crippen LogP contribution in [0, 0.1) is 20.1 Å². The molecule has 6 aromatic rings. The summed E-state index contributed by atoms with van der Waals surface area (Å²) in [7, 11) is 0. The van der Waals surface area contributed by atoms with Crippen molar-refractivity contribution >= 4 is 159 Å². The minimum Gasteiger partial charge on any atom is -0.462 e. The molecule has 18 heteroatoms. The van der Waals surface area contributed by atoms with Gasteiger partial charge >= 0.3 is 5.97 Å². The van der Waals surface area contributed by atoms with Crippen molar-refractivity contribution < 1.29 is 37.9 Å². The second-order valence-corrected chi connectivity index (χ2v) is 24.9. The van der Waals surface area contributed by atoms with Crippen molar-refractivity contribution in [1.29, 1.82) is 0 Å². The Morgan fingerprint density at radius 2 is 0.916 bits per heavy atom. The molecule has 0 saturated heterocycles. The molecule has 8 rings (SSSR count). The van der Waals surface area contributed by atoms with Crippen molar-refractivity contribution in [3.63, 3.8) is 0 Å². The van der Waals surface area contributed by atoms with E-state index in [1.54, 1.807) is 37.4 Å². The maximum absolute atomic E-state index is 14.5. The summed E-state index contributed by atoms with van der Waals surface area (Å²) in [5.74, 6) is -1.42. The average molecular weight is 1600 g/mol. The number of hydrogen-bond donors (Lipinski definition) is 0. The monoisotopic (exact) mass is 1600 g/mol. The van der Waals surface area contributed by atoms with Crippen LogP contribution >= 0.6 is 102 Å². The highest BCUT2D eigenvalue weighted by Crippen LogP contribution is 2.30. The number of ether oxygens (including phenoxy) is 1. The van der Waals surface area contributed by atoms with Crippen LogP contribution in [0.5, 0.6) is 0 Å². The van der Waals surface area contributed by atoms with Gasteiger partial charge in [-0.2, -0.15) is 0 Å². The van der Waals surface area contributed by atoms with Crippen molar-refractivity contribution in [2.75, 3.05) is 65.5 Å². The predicted octanol–water partition coefficient (Wildman–Crippen LogP) is 15.2. The number of rotatable bonds is 23. The fraction of sp³-hybridized carbons (Fsp3) is 0.385. The maximum atomic E-state index is 14.5.